The lowest BCUT2D eigenvalue weighted by Crippen LogP contribution is -2.42. The van der Waals surface area contributed by atoms with Crippen LogP contribution in [0.3, 0.4) is 0 Å². The molecule has 0 aromatic heterocycles. The summed E-state index contributed by atoms with van der Waals surface area (Å²) in [6.07, 6.45) is 6.38. The number of guanidine groups is 1. The van der Waals surface area contributed by atoms with Gasteiger partial charge in [-0.2, -0.15) is 0 Å². The number of hydrogen-bond acceptors (Lipinski definition) is 2. The standard InChI is InChI=1S/C16H22FN3O.HI/c1-18-16(20-14-5-3-4-6-14)19-10-12-7-8-15(17)13(9-12)11-21-2;/h3-4,7-9,14H,5-6,10-11H2,1-2H3,(H2,18,19,20);1H. The van der Waals surface area contributed by atoms with Crippen LogP contribution in [0.4, 0.5) is 4.39 Å². The van der Waals surface area contributed by atoms with Crippen LogP contribution in [0.15, 0.2) is 35.3 Å². The van der Waals surface area contributed by atoms with Gasteiger partial charge in [-0.15, -0.1) is 24.0 Å². The normalized spacial score (nSPS) is 14.8. The van der Waals surface area contributed by atoms with E-state index in [1.54, 1.807) is 20.2 Å². The van der Waals surface area contributed by atoms with Crippen LogP contribution in [0, 0.1) is 5.82 Å². The Bertz CT molecular complexity index is 526. The van der Waals surface area contributed by atoms with Crippen molar-refractivity contribution < 1.29 is 9.13 Å². The molecule has 122 valence electrons. The van der Waals surface area contributed by atoms with Gasteiger partial charge in [-0.1, -0.05) is 18.2 Å². The maximum Gasteiger partial charge on any atom is 0.191 e. The lowest BCUT2D eigenvalue weighted by atomic mass is 10.1. The van der Waals surface area contributed by atoms with Gasteiger partial charge >= 0.3 is 0 Å². The van der Waals surface area contributed by atoms with E-state index < -0.39 is 0 Å². The molecule has 0 fully saturated rings. The molecule has 1 aromatic carbocycles. The highest BCUT2D eigenvalue weighted by molar-refractivity contribution is 14.0. The van der Waals surface area contributed by atoms with Crippen molar-refractivity contribution in [3.8, 4) is 0 Å². The highest BCUT2D eigenvalue weighted by Gasteiger charge is 2.11. The van der Waals surface area contributed by atoms with Gasteiger partial charge in [0.1, 0.15) is 5.82 Å². The second-order valence-corrected chi connectivity index (χ2v) is 5.07. The van der Waals surface area contributed by atoms with Gasteiger partial charge in [-0.3, -0.25) is 4.99 Å². The van der Waals surface area contributed by atoms with Gasteiger partial charge in [-0.05, 0) is 30.5 Å². The van der Waals surface area contributed by atoms with Crippen LogP contribution in [0.5, 0.6) is 0 Å². The van der Waals surface area contributed by atoms with Gasteiger partial charge in [0.05, 0.1) is 6.61 Å². The monoisotopic (exact) mass is 419 g/mol. The summed E-state index contributed by atoms with van der Waals surface area (Å²) in [6.45, 7) is 0.872. The predicted octanol–water partition coefficient (Wildman–Crippen LogP) is 2.97. The molecule has 0 saturated carbocycles. The van der Waals surface area contributed by atoms with Gasteiger partial charge in [0.15, 0.2) is 5.96 Å². The zero-order valence-corrected chi connectivity index (χ0v) is 15.3. The van der Waals surface area contributed by atoms with E-state index in [2.05, 4.69) is 27.8 Å². The average Bonchev–Trinajstić information content (AvgIpc) is 2.99. The molecule has 0 amide bonds. The third-order valence-electron chi connectivity index (χ3n) is 3.44. The van der Waals surface area contributed by atoms with E-state index in [0.717, 1.165) is 24.4 Å². The molecule has 6 heteroatoms. The highest BCUT2D eigenvalue weighted by atomic mass is 127. The molecule has 0 saturated heterocycles. The molecular formula is C16H23FIN3O. The molecule has 2 N–H and O–H groups in total. The van der Waals surface area contributed by atoms with E-state index in [4.69, 9.17) is 4.74 Å². The van der Waals surface area contributed by atoms with E-state index in [0.29, 0.717) is 18.2 Å². The number of nitrogens with zero attached hydrogens (tertiary/aromatic N) is 1. The minimum atomic E-state index is -0.236. The molecular weight excluding hydrogens is 396 g/mol. The molecule has 0 bridgehead atoms. The Balaban J connectivity index is 0.00000242. The Morgan fingerprint density at radius 1 is 1.36 bits per heavy atom. The third-order valence-corrected chi connectivity index (χ3v) is 3.44. The van der Waals surface area contributed by atoms with Crippen molar-refractivity contribution in [3.63, 3.8) is 0 Å². The van der Waals surface area contributed by atoms with E-state index >= 15 is 0 Å². The SMILES string of the molecule is CN=C(NCc1ccc(F)c(COC)c1)NC1CC=CC1.I. The number of nitrogens with one attached hydrogen (secondary N) is 2. The molecule has 0 aliphatic heterocycles. The topological polar surface area (TPSA) is 45.7 Å². The van der Waals surface area contributed by atoms with Crippen molar-refractivity contribution in [1.82, 2.24) is 10.6 Å². The van der Waals surface area contributed by atoms with Crippen LogP contribution < -0.4 is 10.6 Å². The van der Waals surface area contributed by atoms with E-state index in [-0.39, 0.29) is 36.4 Å². The Labute approximate surface area is 148 Å². The number of benzene rings is 1. The summed E-state index contributed by atoms with van der Waals surface area (Å²) in [5.41, 5.74) is 1.57. The van der Waals surface area contributed by atoms with Crippen molar-refractivity contribution in [3.05, 3.63) is 47.3 Å². The number of halogens is 2. The highest BCUT2D eigenvalue weighted by Crippen LogP contribution is 2.12. The third kappa shape index (κ3) is 5.57. The average molecular weight is 419 g/mol. The fourth-order valence-corrected chi connectivity index (χ4v) is 2.31. The molecule has 0 atom stereocenters. The van der Waals surface area contributed by atoms with Crippen LogP contribution >= 0.6 is 24.0 Å². The first kappa shape index (κ1) is 18.9. The molecule has 0 unspecified atom stereocenters. The second-order valence-electron chi connectivity index (χ2n) is 5.07. The summed E-state index contributed by atoms with van der Waals surface area (Å²) >= 11 is 0. The van der Waals surface area contributed by atoms with Crippen molar-refractivity contribution in [1.29, 1.82) is 0 Å². The Morgan fingerprint density at radius 2 is 2.09 bits per heavy atom. The van der Waals surface area contributed by atoms with E-state index in [9.17, 15) is 4.39 Å². The number of hydrogen-bond donors (Lipinski definition) is 2. The molecule has 22 heavy (non-hydrogen) atoms. The zero-order valence-electron chi connectivity index (χ0n) is 12.9. The molecule has 0 radical (unpaired) electrons. The predicted molar refractivity (Wildman–Crippen MR) is 98.0 cm³/mol. The zero-order chi connectivity index (χ0) is 15.1. The quantitative estimate of drug-likeness (QED) is 0.334. The number of ether oxygens (including phenoxy) is 1. The smallest absolute Gasteiger partial charge is 0.191 e. The molecule has 1 aliphatic carbocycles. The van der Waals surface area contributed by atoms with Crippen molar-refractivity contribution in [2.24, 2.45) is 4.99 Å². The molecule has 4 nitrogen and oxygen atoms in total. The van der Waals surface area contributed by atoms with Crippen LogP contribution in [-0.2, 0) is 17.9 Å². The first-order valence-electron chi connectivity index (χ1n) is 7.11. The molecule has 0 heterocycles. The van der Waals surface area contributed by atoms with Gasteiger partial charge in [-0.25, -0.2) is 4.39 Å². The second kappa shape index (κ2) is 9.78. The summed E-state index contributed by atoms with van der Waals surface area (Å²) in [5, 5.41) is 6.61. The molecule has 0 spiro atoms. The maximum atomic E-state index is 13.5. The summed E-state index contributed by atoms with van der Waals surface area (Å²) in [5.74, 6) is 0.529. The van der Waals surface area contributed by atoms with Gasteiger partial charge < -0.3 is 15.4 Å². The van der Waals surface area contributed by atoms with Gasteiger partial charge in [0, 0.05) is 32.3 Å². The number of methoxy groups -OCH3 is 1. The Kier molecular flexibility index (Phi) is 8.40. The van der Waals surface area contributed by atoms with Gasteiger partial charge in [0.2, 0.25) is 0 Å². The molecule has 2 rings (SSSR count). The fourth-order valence-electron chi connectivity index (χ4n) is 2.31. The van der Waals surface area contributed by atoms with Crippen LogP contribution in [0.25, 0.3) is 0 Å². The van der Waals surface area contributed by atoms with Crippen LogP contribution in [-0.4, -0.2) is 26.2 Å². The maximum absolute atomic E-state index is 13.5. The summed E-state index contributed by atoms with van der Waals surface area (Å²) in [7, 11) is 3.31. The van der Waals surface area contributed by atoms with Gasteiger partial charge in [0.25, 0.3) is 0 Å². The fraction of sp³-hybridized carbons (Fsp3) is 0.438. The Hall–Kier alpha value is -1.15. The van der Waals surface area contributed by atoms with Crippen LogP contribution in [0.2, 0.25) is 0 Å². The number of aliphatic imine (C=N–C) groups is 1. The Morgan fingerprint density at radius 3 is 2.73 bits per heavy atom. The number of rotatable bonds is 5. The summed E-state index contributed by atoms with van der Waals surface area (Å²) in [6, 6.07) is 5.47. The largest absolute Gasteiger partial charge is 0.380 e. The van der Waals surface area contributed by atoms with Crippen LogP contribution in [0.1, 0.15) is 24.0 Å². The summed E-state index contributed by atoms with van der Waals surface area (Å²) in [4.78, 5) is 4.21. The van der Waals surface area contributed by atoms with Crippen molar-refractivity contribution in [2.45, 2.75) is 32.0 Å². The lowest BCUT2D eigenvalue weighted by molar-refractivity contribution is 0.181. The first-order valence-corrected chi connectivity index (χ1v) is 7.11. The molecule has 1 aromatic rings. The molecule has 1 aliphatic rings. The summed E-state index contributed by atoms with van der Waals surface area (Å²) < 4.78 is 18.5. The first-order chi connectivity index (χ1) is 10.2. The minimum Gasteiger partial charge on any atom is -0.380 e. The van der Waals surface area contributed by atoms with E-state index in [1.807, 2.05) is 6.07 Å². The van der Waals surface area contributed by atoms with E-state index in [1.165, 1.54) is 6.07 Å². The lowest BCUT2D eigenvalue weighted by Gasteiger charge is -2.17. The minimum absolute atomic E-state index is 0. The van der Waals surface area contributed by atoms with Crippen molar-refractivity contribution in [2.75, 3.05) is 14.2 Å². The van der Waals surface area contributed by atoms with Crippen molar-refractivity contribution >= 4 is 29.9 Å².